The number of amides is 2. The Balaban J connectivity index is 2.18. The Labute approximate surface area is 100.0 Å². The minimum absolute atomic E-state index is 0.0486. The smallest absolute Gasteiger partial charge is 0.287 e. The van der Waals surface area contributed by atoms with E-state index < -0.39 is 5.91 Å². The van der Waals surface area contributed by atoms with Crippen LogP contribution in [0.25, 0.3) is 0 Å². The summed E-state index contributed by atoms with van der Waals surface area (Å²) in [5.74, 6) is -0.407. The molecule has 0 saturated carbocycles. The molecule has 94 valence electrons. The molecule has 0 saturated heterocycles. The van der Waals surface area contributed by atoms with Crippen LogP contribution in [-0.2, 0) is 4.79 Å². The van der Waals surface area contributed by atoms with E-state index in [0.29, 0.717) is 6.54 Å². The van der Waals surface area contributed by atoms with Crippen molar-refractivity contribution in [2.45, 2.75) is 0 Å². The zero-order chi connectivity index (χ0) is 12.7. The summed E-state index contributed by atoms with van der Waals surface area (Å²) in [6.45, 7) is 1.27. The van der Waals surface area contributed by atoms with E-state index in [2.05, 4.69) is 10.6 Å². The second kappa shape index (κ2) is 6.70. The molecule has 0 atom stereocenters. The molecule has 1 rings (SSSR count). The lowest BCUT2D eigenvalue weighted by atomic mass is 10.4. The lowest BCUT2D eigenvalue weighted by molar-refractivity contribution is -0.120. The Hall–Kier alpha value is -1.82. The van der Waals surface area contributed by atoms with Crippen LogP contribution >= 0.6 is 0 Å². The molecule has 2 N–H and O–H groups in total. The summed E-state index contributed by atoms with van der Waals surface area (Å²) < 4.78 is 4.89. The van der Waals surface area contributed by atoms with Crippen LogP contribution in [0.15, 0.2) is 22.8 Å². The highest BCUT2D eigenvalue weighted by Gasteiger charge is 2.09. The van der Waals surface area contributed by atoms with E-state index >= 15 is 0 Å². The van der Waals surface area contributed by atoms with Crippen LogP contribution in [0.1, 0.15) is 10.6 Å². The van der Waals surface area contributed by atoms with Gasteiger partial charge >= 0.3 is 0 Å². The second-order valence-electron chi connectivity index (χ2n) is 3.81. The number of nitrogens with one attached hydrogen (secondary N) is 2. The summed E-state index contributed by atoms with van der Waals surface area (Å²) in [5, 5.41) is 5.15. The van der Waals surface area contributed by atoms with E-state index in [9.17, 15) is 9.59 Å². The first-order valence-corrected chi connectivity index (χ1v) is 5.32. The van der Waals surface area contributed by atoms with E-state index in [1.165, 1.54) is 6.26 Å². The largest absolute Gasteiger partial charge is 0.459 e. The van der Waals surface area contributed by atoms with Gasteiger partial charge in [-0.15, -0.1) is 0 Å². The first kappa shape index (κ1) is 13.2. The molecule has 0 aliphatic heterocycles. The number of carbonyl (C=O) groups is 2. The summed E-state index contributed by atoms with van der Waals surface area (Å²) in [7, 11) is 3.84. The molecule has 0 spiro atoms. The van der Waals surface area contributed by atoms with Crippen molar-refractivity contribution >= 4 is 11.8 Å². The highest BCUT2D eigenvalue weighted by molar-refractivity contribution is 5.94. The monoisotopic (exact) mass is 239 g/mol. The Morgan fingerprint density at radius 1 is 1.35 bits per heavy atom. The molecule has 17 heavy (non-hydrogen) atoms. The zero-order valence-corrected chi connectivity index (χ0v) is 10.0. The number of hydrogen-bond acceptors (Lipinski definition) is 4. The van der Waals surface area contributed by atoms with Crippen molar-refractivity contribution in [2.24, 2.45) is 0 Å². The van der Waals surface area contributed by atoms with Crippen molar-refractivity contribution in [2.75, 3.05) is 33.7 Å². The van der Waals surface area contributed by atoms with E-state index in [1.807, 2.05) is 19.0 Å². The quantitative estimate of drug-likeness (QED) is 0.714. The number of carbonyl (C=O) groups excluding carboxylic acids is 2. The molecule has 0 radical (unpaired) electrons. The maximum absolute atomic E-state index is 11.4. The van der Waals surface area contributed by atoms with Gasteiger partial charge < -0.3 is 20.0 Å². The van der Waals surface area contributed by atoms with Gasteiger partial charge in [0, 0.05) is 13.1 Å². The Kier molecular flexibility index (Phi) is 5.22. The molecule has 0 aliphatic carbocycles. The lowest BCUT2D eigenvalue weighted by Crippen LogP contribution is -2.39. The Morgan fingerprint density at radius 3 is 2.71 bits per heavy atom. The molecule has 1 heterocycles. The minimum atomic E-state index is -0.391. The minimum Gasteiger partial charge on any atom is -0.459 e. The van der Waals surface area contributed by atoms with Crippen molar-refractivity contribution in [3.63, 3.8) is 0 Å². The van der Waals surface area contributed by atoms with E-state index in [4.69, 9.17) is 4.42 Å². The average Bonchev–Trinajstić information content (AvgIpc) is 2.78. The predicted molar refractivity (Wildman–Crippen MR) is 62.6 cm³/mol. The molecule has 0 unspecified atom stereocenters. The number of nitrogens with zero attached hydrogens (tertiary/aromatic N) is 1. The van der Waals surface area contributed by atoms with Crippen LogP contribution < -0.4 is 10.6 Å². The van der Waals surface area contributed by atoms with Gasteiger partial charge in [-0.3, -0.25) is 9.59 Å². The molecule has 0 fully saturated rings. The molecular weight excluding hydrogens is 222 g/mol. The van der Waals surface area contributed by atoms with Gasteiger partial charge in [0.1, 0.15) is 0 Å². The maximum Gasteiger partial charge on any atom is 0.287 e. The van der Waals surface area contributed by atoms with Gasteiger partial charge in [0.2, 0.25) is 5.91 Å². The standard InChI is InChI=1S/C11H17N3O3/c1-14(2)6-5-12-10(15)8-13-11(16)9-4-3-7-17-9/h3-4,7H,5-6,8H2,1-2H3,(H,12,15)(H,13,16). The fourth-order valence-corrected chi connectivity index (χ4v) is 1.14. The summed E-state index contributed by atoms with van der Waals surface area (Å²) in [5.41, 5.74) is 0. The second-order valence-corrected chi connectivity index (χ2v) is 3.81. The summed E-state index contributed by atoms with van der Waals surface area (Å²) in [6.07, 6.45) is 1.41. The highest BCUT2D eigenvalue weighted by atomic mass is 16.3. The molecule has 0 bridgehead atoms. The molecule has 1 aromatic heterocycles. The van der Waals surface area contributed by atoms with Crippen molar-refractivity contribution in [1.29, 1.82) is 0 Å². The fourth-order valence-electron chi connectivity index (χ4n) is 1.14. The van der Waals surface area contributed by atoms with Crippen LogP contribution in [0.2, 0.25) is 0 Å². The van der Waals surface area contributed by atoms with Crippen molar-refractivity contribution in [1.82, 2.24) is 15.5 Å². The van der Waals surface area contributed by atoms with Crippen LogP contribution in [-0.4, -0.2) is 50.4 Å². The van der Waals surface area contributed by atoms with Crippen LogP contribution in [0.4, 0.5) is 0 Å². The molecular formula is C11H17N3O3. The molecule has 2 amide bonds. The summed E-state index contributed by atoms with van der Waals surface area (Å²) >= 11 is 0. The molecule has 0 aromatic carbocycles. The van der Waals surface area contributed by atoms with Crippen LogP contribution in [0, 0.1) is 0 Å². The van der Waals surface area contributed by atoms with Crippen molar-refractivity contribution in [3.05, 3.63) is 24.2 Å². The van der Waals surface area contributed by atoms with Gasteiger partial charge in [-0.1, -0.05) is 0 Å². The van der Waals surface area contributed by atoms with Gasteiger partial charge in [0.05, 0.1) is 12.8 Å². The van der Waals surface area contributed by atoms with Gasteiger partial charge in [0.25, 0.3) is 5.91 Å². The Bertz CT molecular complexity index is 360. The van der Waals surface area contributed by atoms with Gasteiger partial charge in [-0.25, -0.2) is 0 Å². The number of furan rings is 1. The van der Waals surface area contributed by atoms with Crippen LogP contribution in [0.5, 0.6) is 0 Å². The molecule has 0 aliphatic rings. The molecule has 6 nitrogen and oxygen atoms in total. The first-order valence-electron chi connectivity index (χ1n) is 5.32. The van der Waals surface area contributed by atoms with Crippen LogP contribution in [0.3, 0.4) is 0 Å². The number of hydrogen-bond donors (Lipinski definition) is 2. The van der Waals surface area contributed by atoms with Gasteiger partial charge in [0.15, 0.2) is 5.76 Å². The third-order valence-corrected chi connectivity index (χ3v) is 2.04. The summed E-state index contributed by atoms with van der Waals surface area (Å²) in [4.78, 5) is 24.7. The SMILES string of the molecule is CN(C)CCNC(=O)CNC(=O)c1ccco1. The van der Waals surface area contributed by atoms with E-state index in [0.717, 1.165) is 6.54 Å². The Morgan fingerprint density at radius 2 is 2.12 bits per heavy atom. The summed E-state index contributed by atoms with van der Waals surface area (Å²) in [6, 6.07) is 3.16. The lowest BCUT2D eigenvalue weighted by Gasteiger charge is -2.10. The third-order valence-electron chi connectivity index (χ3n) is 2.04. The fraction of sp³-hybridized carbons (Fsp3) is 0.455. The first-order chi connectivity index (χ1) is 8.09. The molecule has 1 aromatic rings. The molecule has 6 heteroatoms. The van der Waals surface area contributed by atoms with Crippen molar-refractivity contribution < 1.29 is 14.0 Å². The van der Waals surface area contributed by atoms with E-state index in [-0.39, 0.29) is 18.2 Å². The number of likely N-dealkylation sites (N-methyl/N-ethyl adjacent to an activating group) is 1. The van der Waals surface area contributed by atoms with Crippen molar-refractivity contribution in [3.8, 4) is 0 Å². The third kappa shape index (κ3) is 5.17. The maximum atomic E-state index is 11.4. The average molecular weight is 239 g/mol. The van der Waals surface area contributed by atoms with E-state index in [1.54, 1.807) is 12.1 Å². The topological polar surface area (TPSA) is 74.6 Å². The normalized spacial score (nSPS) is 10.3. The van der Waals surface area contributed by atoms with Gasteiger partial charge in [-0.05, 0) is 26.2 Å². The highest BCUT2D eigenvalue weighted by Crippen LogP contribution is 1.98. The predicted octanol–water partition coefficient (Wildman–Crippen LogP) is -0.313. The zero-order valence-electron chi connectivity index (χ0n) is 10.0. The number of rotatable bonds is 6. The van der Waals surface area contributed by atoms with Gasteiger partial charge in [-0.2, -0.15) is 0 Å².